The molecule has 25 heavy (non-hydrogen) atoms. The van der Waals surface area contributed by atoms with Crippen molar-refractivity contribution in [2.45, 2.75) is 47.0 Å². The van der Waals surface area contributed by atoms with Crippen molar-refractivity contribution in [2.24, 2.45) is 17.6 Å². The number of anilines is 1. The summed E-state index contributed by atoms with van der Waals surface area (Å²) in [7, 11) is 0. The van der Waals surface area contributed by atoms with Crippen LogP contribution in [0.1, 0.15) is 54.4 Å². The van der Waals surface area contributed by atoms with Crippen LogP contribution in [0, 0.1) is 18.8 Å². The smallest absolute Gasteiger partial charge is 0.307 e. The summed E-state index contributed by atoms with van der Waals surface area (Å²) in [6.45, 7) is 7.63. The zero-order valence-electron chi connectivity index (χ0n) is 14.9. The van der Waals surface area contributed by atoms with Crippen molar-refractivity contribution in [1.82, 2.24) is 0 Å². The van der Waals surface area contributed by atoms with Gasteiger partial charge in [-0.25, -0.2) is 0 Å². The highest BCUT2D eigenvalue weighted by molar-refractivity contribution is 7.16. The number of primary amides is 1. The molecular formula is C18H24N2O4S. The van der Waals surface area contributed by atoms with Gasteiger partial charge in [0.15, 0.2) is 0 Å². The van der Waals surface area contributed by atoms with Crippen molar-refractivity contribution in [2.75, 3.05) is 5.32 Å². The Balaban J connectivity index is 2.33. The number of nitrogens with two attached hydrogens (primary N) is 1. The second-order valence-corrected chi connectivity index (χ2v) is 7.79. The van der Waals surface area contributed by atoms with Gasteiger partial charge in [0, 0.05) is 4.88 Å². The largest absolute Gasteiger partial charge is 0.481 e. The molecule has 0 spiro atoms. The molecule has 0 aromatic carbocycles. The minimum absolute atomic E-state index is 0.337. The highest BCUT2D eigenvalue weighted by Gasteiger charge is 2.38. The summed E-state index contributed by atoms with van der Waals surface area (Å²) in [5.41, 5.74) is 8.73. The Morgan fingerprint density at radius 1 is 1.16 bits per heavy atom. The Kier molecular flexibility index (Phi) is 5.67. The highest BCUT2D eigenvalue weighted by atomic mass is 32.1. The lowest BCUT2D eigenvalue weighted by Crippen LogP contribution is -2.36. The number of carboxylic acids is 1. The van der Waals surface area contributed by atoms with Crippen molar-refractivity contribution in [3.63, 3.8) is 0 Å². The van der Waals surface area contributed by atoms with E-state index in [-0.39, 0.29) is 5.91 Å². The van der Waals surface area contributed by atoms with E-state index in [4.69, 9.17) is 5.73 Å². The first-order chi connectivity index (χ1) is 11.7. The Labute approximate surface area is 151 Å². The zero-order valence-corrected chi connectivity index (χ0v) is 15.8. The third-order valence-corrected chi connectivity index (χ3v) is 6.03. The third kappa shape index (κ3) is 3.76. The van der Waals surface area contributed by atoms with Crippen molar-refractivity contribution >= 4 is 34.1 Å². The van der Waals surface area contributed by atoms with Gasteiger partial charge in [-0.05, 0) is 45.6 Å². The fraction of sp³-hybridized carbons (Fsp3) is 0.500. The maximum atomic E-state index is 12.8. The van der Waals surface area contributed by atoms with Gasteiger partial charge >= 0.3 is 5.97 Å². The molecule has 1 aliphatic carbocycles. The van der Waals surface area contributed by atoms with Gasteiger partial charge in [-0.3, -0.25) is 14.4 Å². The molecule has 0 saturated heterocycles. The molecule has 0 bridgehead atoms. The summed E-state index contributed by atoms with van der Waals surface area (Å²) in [5, 5.41) is 12.7. The van der Waals surface area contributed by atoms with Gasteiger partial charge in [-0.2, -0.15) is 0 Å². The highest BCUT2D eigenvalue weighted by Crippen LogP contribution is 2.37. The molecule has 2 amide bonds. The fourth-order valence-corrected chi connectivity index (χ4v) is 4.54. The van der Waals surface area contributed by atoms with Crippen molar-refractivity contribution in [3.05, 3.63) is 27.2 Å². The molecule has 2 rings (SSSR count). The SMILES string of the molecule is CCc1c(C)sc(NC(=O)C2CC(C)=C(C)CC2C(=O)O)c1C(N)=O. The first kappa shape index (κ1) is 19.2. The van der Waals surface area contributed by atoms with Crippen LogP contribution in [0.15, 0.2) is 11.1 Å². The summed E-state index contributed by atoms with van der Waals surface area (Å²) < 4.78 is 0. The molecule has 1 aromatic heterocycles. The summed E-state index contributed by atoms with van der Waals surface area (Å²) in [5.74, 6) is -3.34. The number of thiophene rings is 1. The molecule has 6 nitrogen and oxygen atoms in total. The lowest BCUT2D eigenvalue weighted by molar-refractivity contribution is -0.146. The second kappa shape index (κ2) is 7.39. The second-order valence-electron chi connectivity index (χ2n) is 6.57. The average Bonchev–Trinajstić information content (AvgIpc) is 2.84. The van der Waals surface area contributed by atoms with E-state index in [1.807, 2.05) is 27.7 Å². The Morgan fingerprint density at radius 2 is 1.72 bits per heavy atom. The summed E-state index contributed by atoms with van der Waals surface area (Å²) in [6, 6.07) is 0. The van der Waals surface area contributed by atoms with Gasteiger partial charge in [0.05, 0.1) is 17.4 Å². The van der Waals surface area contributed by atoms with E-state index in [9.17, 15) is 19.5 Å². The molecule has 136 valence electrons. The van der Waals surface area contributed by atoms with Crippen LogP contribution in [0.4, 0.5) is 5.00 Å². The van der Waals surface area contributed by atoms with Gasteiger partial charge in [0.2, 0.25) is 5.91 Å². The number of rotatable bonds is 5. The Bertz CT molecular complexity index is 763. The van der Waals surface area contributed by atoms with Crippen LogP contribution in [0.2, 0.25) is 0 Å². The summed E-state index contributed by atoms with van der Waals surface area (Å²) in [4.78, 5) is 37.1. The maximum Gasteiger partial charge on any atom is 0.307 e. The summed E-state index contributed by atoms with van der Waals surface area (Å²) >= 11 is 1.30. The average molecular weight is 364 g/mol. The van der Waals surface area contributed by atoms with Crippen LogP contribution in [-0.2, 0) is 16.0 Å². The predicted molar refractivity (Wildman–Crippen MR) is 97.8 cm³/mol. The van der Waals surface area contributed by atoms with E-state index in [1.165, 1.54) is 11.3 Å². The molecule has 1 heterocycles. The Hall–Kier alpha value is -2.15. The van der Waals surface area contributed by atoms with Gasteiger partial charge in [-0.1, -0.05) is 18.1 Å². The summed E-state index contributed by atoms with van der Waals surface area (Å²) in [6.07, 6.45) is 1.41. The molecule has 7 heteroatoms. The van der Waals surface area contributed by atoms with Gasteiger partial charge in [0.1, 0.15) is 5.00 Å². The number of aliphatic carboxylic acids is 1. The zero-order chi connectivity index (χ0) is 18.9. The van der Waals surface area contributed by atoms with Crippen LogP contribution in [0.5, 0.6) is 0 Å². The van der Waals surface area contributed by atoms with E-state index in [2.05, 4.69) is 5.32 Å². The van der Waals surface area contributed by atoms with Crippen LogP contribution in [0.3, 0.4) is 0 Å². The number of hydrogen-bond donors (Lipinski definition) is 3. The standard InChI is InChI=1S/C18H24N2O4S/c1-5-11-10(4)25-17(14(11)15(19)21)20-16(22)12-6-8(2)9(3)7-13(12)18(23)24/h12-13H,5-7H2,1-4H3,(H2,19,21)(H,20,22)(H,23,24). The lowest BCUT2D eigenvalue weighted by atomic mass is 9.76. The third-order valence-electron chi connectivity index (χ3n) is 4.97. The minimum Gasteiger partial charge on any atom is -0.481 e. The maximum absolute atomic E-state index is 12.8. The molecule has 0 radical (unpaired) electrons. The van der Waals surface area contributed by atoms with Crippen molar-refractivity contribution in [3.8, 4) is 0 Å². The number of allylic oxidation sites excluding steroid dienone is 2. The van der Waals surface area contributed by atoms with Gasteiger partial charge in [0.25, 0.3) is 5.91 Å². The van der Waals surface area contributed by atoms with Crippen molar-refractivity contribution < 1.29 is 19.5 Å². The minimum atomic E-state index is -0.973. The van der Waals surface area contributed by atoms with E-state index in [0.29, 0.717) is 29.8 Å². The molecular weight excluding hydrogens is 340 g/mol. The van der Waals surface area contributed by atoms with Crippen LogP contribution in [0.25, 0.3) is 0 Å². The Morgan fingerprint density at radius 3 is 2.20 bits per heavy atom. The molecule has 2 unspecified atom stereocenters. The van der Waals surface area contributed by atoms with E-state index in [1.54, 1.807) is 0 Å². The molecule has 1 aromatic rings. The predicted octanol–water partition coefficient (Wildman–Crippen LogP) is 3.10. The topological polar surface area (TPSA) is 109 Å². The fourth-order valence-electron chi connectivity index (χ4n) is 3.39. The quantitative estimate of drug-likeness (QED) is 0.697. The first-order valence-electron chi connectivity index (χ1n) is 8.28. The number of hydrogen-bond acceptors (Lipinski definition) is 4. The molecule has 4 N–H and O–H groups in total. The first-order valence-corrected chi connectivity index (χ1v) is 9.09. The number of nitrogens with one attached hydrogen (secondary N) is 1. The molecule has 1 aliphatic rings. The van der Waals surface area contributed by atoms with E-state index in [0.717, 1.165) is 21.6 Å². The molecule has 2 atom stereocenters. The number of carboxylic acid groups (broad SMARTS) is 1. The van der Waals surface area contributed by atoms with Crippen LogP contribution < -0.4 is 11.1 Å². The van der Waals surface area contributed by atoms with Crippen LogP contribution in [-0.4, -0.2) is 22.9 Å². The molecule has 0 fully saturated rings. The monoisotopic (exact) mass is 364 g/mol. The van der Waals surface area contributed by atoms with Gasteiger partial charge in [-0.15, -0.1) is 11.3 Å². The number of amides is 2. The number of carbonyl (C=O) groups excluding carboxylic acids is 2. The van der Waals surface area contributed by atoms with Crippen LogP contribution >= 0.6 is 11.3 Å². The number of aryl methyl sites for hydroxylation is 1. The number of carbonyl (C=O) groups is 3. The normalized spacial score (nSPS) is 20.5. The van der Waals surface area contributed by atoms with Crippen molar-refractivity contribution in [1.29, 1.82) is 0 Å². The molecule has 0 saturated carbocycles. The lowest BCUT2D eigenvalue weighted by Gasteiger charge is -2.29. The van der Waals surface area contributed by atoms with E-state index < -0.39 is 23.7 Å². The van der Waals surface area contributed by atoms with E-state index >= 15 is 0 Å². The van der Waals surface area contributed by atoms with Gasteiger partial charge < -0.3 is 16.2 Å². The molecule has 0 aliphatic heterocycles.